The second kappa shape index (κ2) is 9.58. The van der Waals surface area contributed by atoms with Gasteiger partial charge in [-0.3, -0.25) is 4.98 Å². The molecule has 0 fully saturated rings. The lowest BCUT2D eigenvalue weighted by Gasteiger charge is -2.33. The summed E-state index contributed by atoms with van der Waals surface area (Å²) in [6.45, 7) is 8.61. The van der Waals surface area contributed by atoms with Gasteiger partial charge in [0.05, 0.1) is 16.3 Å². The Morgan fingerprint density at radius 1 is 1.38 bits per heavy atom. The highest BCUT2D eigenvalue weighted by Crippen LogP contribution is 2.30. The van der Waals surface area contributed by atoms with Crippen molar-refractivity contribution in [2.45, 2.75) is 39.9 Å². The summed E-state index contributed by atoms with van der Waals surface area (Å²) >= 11 is 6.42. The van der Waals surface area contributed by atoms with Crippen molar-refractivity contribution in [3.05, 3.63) is 64.2 Å². The molecule has 8 heteroatoms. The van der Waals surface area contributed by atoms with Crippen LogP contribution in [-0.2, 0) is 11.3 Å². The van der Waals surface area contributed by atoms with Gasteiger partial charge in [0.2, 0.25) is 0 Å². The highest BCUT2D eigenvalue weighted by atomic mass is 35.5. The zero-order chi connectivity index (χ0) is 23.5. The summed E-state index contributed by atoms with van der Waals surface area (Å²) in [7, 11) is 0. The van der Waals surface area contributed by atoms with Gasteiger partial charge in [0.15, 0.2) is 0 Å². The summed E-state index contributed by atoms with van der Waals surface area (Å²) in [4.78, 5) is 18.4. The Bertz CT molecular complexity index is 1090. The summed E-state index contributed by atoms with van der Waals surface area (Å²) in [5, 5.41) is 9.23. The number of aromatic nitrogens is 1. The maximum atomic E-state index is 13.7. The smallest absolute Gasteiger partial charge is 0.410 e. The van der Waals surface area contributed by atoms with E-state index >= 15 is 0 Å². The first-order valence-corrected chi connectivity index (χ1v) is 10.6. The van der Waals surface area contributed by atoms with Crippen LogP contribution in [0.1, 0.15) is 44.5 Å². The van der Waals surface area contributed by atoms with Crippen LogP contribution < -0.4 is 4.74 Å². The number of hydrogen-bond acceptors (Lipinski definition) is 5. The quantitative estimate of drug-likeness (QED) is 0.597. The Morgan fingerprint density at radius 2 is 2.12 bits per heavy atom. The molecule has 1 aromatic heterocycles. The molecule has 1 aliphatic heterocycles. The van der Waals surface area contributed by atoms with E-state index in [0.717, 1.165) is 17.2 Å². The van der Waals surface area contributed by atoms with Crippen molar-refractivity contribution in [2.24, 2.45) is 5.92 Å². The average molecular weight is 458 g/mol. The molecule has 1 amide bonds. The molecule has 1 aromatic carbocycles. The van der Waals surface area contributed by atoms with Crippen LogP contribution in [0.5, 0.6) is 5.75 Å². The molecule has 1 aliphatic rings. The molecular formula is C24H25ClFN3O3. The number of amides is 1. The van der Waals surface area contributed by atoms with Gasteiger partial charge in [0.25, 0.3) is 0 Å². The van der Waals surface area contributed by atoms with E-state index in [9.17, 15) is 9.18 Å². The van der Waals surface area contributed by atoms with Crippen molar-refractivity contribution in [1.82, 2.24) is 9.88 Å². The Labute approximate surface area is 192 Å². The number of rotatable bonds is 4. The molecule has 0 saturated carbocycles. The van der Waals surface area contributed by atoms with Crippen LogP contribution in [0, 0.1) is 23.1 Å². The van der Waals surface area contributed by atoms with E-state index < -0.39 is 11.4 Å². The van der Waals surface area contributed by atoms with Crippen LogP contribution in [0.4, 0.5) is 9.18 Å². The number of nitrogens with zero attached hydrogens (tertiary/aromatic N) is 3. The van der Waals surface area contributed by atoms with Gasteiger partial charge in [-0.2, -0.15) is 5.26 Å². The number of carbonyl (C=O) groups is 1. The van der Waals surface area contributed by atoms with E-state index in [1.54, 1.807) is 17.2 Å². The number of ether oxygens (including phenoxy) is 2. The first-order valence-electron chi connectivity index (χ1n) is 10.2. The number of nitriles is 1. The van der Waals surface area contributed by atoms with Gasteiger partial charge in [-0.1, -0.05) is 24.6 Å². The van der Waals surface area contributed by atoms with Gasteiger partial charge in [-0.25, -0.2) is 9.18 Å². The van der Waals surface area contributed by atoms with Gasteiger partial charge in [0.1, 0.15) is 29.8 Å². The molecule has 32 heavy (non-hydrogen) atoms. The fourth-order valence-electron chi connectivity index (χ4n) is 3.35. The third kappa shape index (κ3) is 5.77. The van der Waals surface area contributed by atoms with Crippen molar-refractivity contribution < 1.29 is 18.7 Å². The molecule has 0 spiro atoms. The van der Waals surface area contributed by atoms with Crippen molar-refractivity contribution in [2.75, 3.05) is 13.1 Å². The first-order chi connectivity index (χ1) is 15.1. The van der Waals surface area contributed by atoms with Crippen LogP contribution >= 0.6 is 11.6 Å². The normalized spacial score (nSPS) is 16.2. The van der Waals surface area contributed by atoms with E-state index in [2.05, 4.69) is 4.98 Å². The van der Waals surface area contributed by atoms with Crippen LogP contribution in [0.25, 0.3) is 5.57 Å². The highest BCUT2D eigenvalue weighted by molar-refractivity contribution is 6.31. The number of benzene rings is 1. The lowest BCUT2D eigenvalue weighted by atomic mass is 9.91. The first kappa shape index (κ1) is 23.6. The molecule has 0 radical (unpaired) electrons. The van der Waals surface area contributed by atoms with Crippen molar-refractivity contribution >= 4 is 23.3 Å². The number of halogens is 2. The zero-order valence-corrected chi connectivity index (χ0v) is 19.2. The van der Waals surface area contributed by atoms with E-state index in [0.29, 0.717) is 23.8 Å². The molecule has 168 valence electrons. The minimum absolute atomic E-state index is 0.0435. The minimum atomic E-state index is -0.641. The number of carbonyl (C=O) groups excluding carboxylic acids is 1. The molecule has 0 aliphatic carbocycles. The Kier molecular flexibility index (Phi) is 7.05. The summed E-state index contributed by atoms with van der Waals surface area (Å²) < 4.78 is 24.8. The largest absolute Gasteiger partial charge is 0.487 e. The summed E-state index contributed by atoms with van der Waals surface area (Å²) in [5.74, 6) is -0.273. The minimum Gasteiger partial charge on any atom is -0.487 e. The fourth-order valence-corrected chi connectivity index (χ4v) is 3.57. The number of pyridine rings is 1. The van der Waals surface area contributed by atoms with E-state index in [1.807, 2.05) is 39.8 Å². The molecule has 3 rings (SSSR count). The second-order valence-corrected chi connectivity index (χ2v) is 9.05. The Morgan fingerprint density at radius 3 is 2.72 bits per heavy atom. The SMILES string of the molecule is CC1CN(C(=O)OC(C)(C)C)CC=C1c1cnc(COc2ccc(C#N)c(F)c2)c(Cl)c1. The average Bonchev–Trinajstić information content (AvgIpc) is 2.71. The Hall–Kier alpha value is -3.11. The lowest BCUT2D eigenvalue weighted by Crippen LogP contribution is -2.41. The van der Waals surface area contributed by atoms with Crippen molar-refractivity contribution in [3.8, 4) is 11.8 Å². The topological polar surface area (TPSA) is 75.5 Å². The van der Waals surface area contributed by atoms with Gasteiger partial charge in [0, 0.05) is 25.4 Å². The van der Waals surface area contributed by atoms with Crippen LogP contribution in [0.15, 0.2) is 36.5 Å². The third-order valence-corrected chi connectivity index (χ3v) is 5.22. The summed E-state index contributed by atoms with van der Waals surface area (Å²) in [6.07, 6.45) is 3.37. The van der Waals surface area contributed by atoms with Crippen molar-refractivity contribution in [3.63, 3.8) is 0 Å². The predicted octanol–water partition coefficient (Wildman–Crippen LogP) is 5.59. The Balaban J connectivity index is 1.67. The zero-order valence-electron chi connectivity index (χ0n) is 18.5. The molecule has 6 nitrogen and oxygen atoms in total. The lowest BCUT2D eigenvalue weighted by molar-refractivity contribution is 0.0251. The molecule has 0 N–H and O–H groups in total. The van der Waals surface area contributed by atoms with E-state index in [1.165, 1.54) is 12.1 Å². The van der Waals surface area contributed by atoms with E-state index in [4.69, 9.17) is 26.3 Å². The van der Waals surface area contributed by atoms with Gasteiger partial charge in [-0.15, -0.1) is 0 Å². The second-order valence-electron chi connectivity index (χ2n) is 8.64. The molecule has 2 aromatic rings. The van der Waals surface area contributed by atoms with Crippen LogP contribution in [0.3, 0.4) is 0 Å². The maximum absolute atomic E-state index is 13.7. The highest BCUT2D eigenvalue weighted by Gasteiger charge is 2.27. The van der Waals surface area contributed by atoms with E-state index in [-0.39, 0.29) is 29.9 Å². The molecular weight excluding hydrogens is 433 g/mol. The molecule has 1 atom stereocenters. The third-order valence-electron chi connectivity index (χ3n) is 4.90. The fraction of sp³-hybridized carbons (Fsp3) is 0.375. The molecule has 0 saturated heterocycles. The molecule has 1 unspecified atom stereocenters. The van der Waals surface area contributed by atoms with Crippen LogP contribution in [-0.4, -0.2) is 34.7 Å². The monoisotopic (exact) mass is 457 g/mol. The molecule has 2 heterocycles. The summed E-state index contributed by atoms with van der Waals surface area (Å²) in [5.41, 5.74) is 1.86. The van der Waals surface area contributed by atoms with Gasteiger partial charge >= 0.3 is 6.09 Å². The summed E-state index contributed by atoms with van der Waals surface area (Å²) in [6, 6.07) is 7.63. The predicted molar refractivity (Wildman–Crippen MR) is 120 cm³/mol. The van der Waals surface area contributed by atoms with Gasteiger partial charge in [-0.05, 0) is 56.0 Å². The van der Waals surface area contributed by atoms with Crippen LogP contribution in [0.2, 0.25) is 5.02 Å². The van der Waals surface area contributed by atoms with Gasteiger partial charge < -0.3 is 14.4 Å². The molecule has 0 bridgehead atoms. The number of hydrogen-bond donors (Lipinski definition) is 0. The van der Waals surface area contributed by atoms with Crippen molar-refractivity contribution in [1.29, 1.82) is 5.26 Å². The standard InChI is InChI=1S/C24H25ClFN3O3/c1-15-13-29(23(30)32-24(2,3)4)8-7-19(15)17-9-20(25)22(28-12-17)14-31-18-6-5-16(11-27)21(26)10-18/h5-7,9-10,12,15H,8,13-14H2,1-4H3. The maximum Gasteiger partial charge on any atom is 0.410 e.